The molecular weight excluding hydrogens is 276 g/mol. The summed E-state index contributed by atoms with van der Waals surface area (Å²) < 4.78 is 10.9. The molecule has 0 N–H and O–H groups in total. The van der Waals surface area contributed by atoms with Crippen molar-refractivity contribution in [1.29, 1.82) is 0 Å². The molecule has 0 saturated heterocycles. The second kappa shape index (κ2) is 8.23. The minimum atomic E-state index is -0.230. The Morgan fingerprint density at radius 2 is 1.77 bits per heavy atom. The van der Waals surface area contributed by atoms with E-state index >= 15 is 0 Å². The Bertz CT molecular complexity index is 593. The predicted octanol–water partition coefficient (Wildman–Crippen LogP) is 4.01. The lowest BCUT2D eigenvalue weighted by Gasteiger charge is -2.12. The quantitative estimate of drug-likeness (QED) is 0.725. The highest BCUT2D eigenvalue weighted by Gasteiger charge is 2.07. The normalized spacial score (nSPS) is 11.7. The fraction of sp³-hybridized carbons (Fsp3) is 0.316. The Morgan fingerprint density at radius 3 is 2.50 bits per heavy atom. The Labute approximate surface area is 131 Å². The van der Waals surface area contributed by atoms with Crippen molar-refractivity contribution in [1.82, 2.24) is 0 Å². The van der Waals surface area contributed by atoms with E-state index in [1.54, 1.807) is 0 Å². The van der Waals surface area contributed by atoms with Crippen LogP contribution >= 0.6 is 0 Å². The van der Waals surface area contributed by atoms with Gasteiger partial charge >= 0.3 is 5.97 Å². The molecule has 0 spiro atoms. The second-order valence-electron chi connectivity index (χ2n) is 5.53. The summed E-state index contributed by atoms with van der Waals surface area (Å²) in [6, 6.07) is 18.2. The molecule has 2 rings (SSSR count). The zero-order chi connectivity index (χ0) is 15.8. The maximum Gasteiger partial charge on any atom is 0.302 e. The summed E-state index contributed by atoms with van der Waals surface area (Å²) in [5.74, 6) is 0.918. The smallest absolute Gasteiger partial charge is 0.302 e. The van der Waals surface area contributed by atoms with Crippen LogP contribution in [0.15, 0.2) is 54.6 Å². The molecule has 3 nitrogen and oxygen atoms in total. The fourth-order valence-electron chi connectivity index (χ4n) is 2.22. The van der Waals surface area contributed by atoms with Gasteiger partial charge in [0, 0.05) is 6.92 Å². The number of benzene rings is 2. The lowest BCUT2D eigenvalue weighted by Crippen LogP contribution is -2.11. The lowest BCUT2D eigenvalue weighted by atomic mass is 10.0. The van der Waals surface area contributed by atoms with E-state index in [-0.39, 0.29) is 11.9 Å². The van der Waals surface area contributed by atoms with Crippen molar-refractivity contribution in [3.8, 4) is 5.75 Å². The van der Waals surface area contributed by atoms with E-state index in [1.165, 1.54) is 12.5 Å². The van der Waals surface area contributed by atoms with Gasteiger partial charge in [0.2, 0.25) is 0 Å². The first-order chi connectivity index (χ1) is 10.6. The first-order valence-electron chi connectivity index (χ1n) is 7.52. The van der Waals surface area contributed by atoms with Gasteiger partial charge in [0.15, 0.2) is 0 Å². The van der Waals surface area contributed by atoms with Crippen LogP contribution in [0.2, 0.25) is 0 Å². The van der Waals surface area contributed by atoms with Gasteiger partial charge in [0.25, 0.3) is 0 Å². The van der Waals surface area contributed by atoms with Crippen molar-refractivity contribution in [3.05, 3.63) is 65.7 Å². The minimum absolute atomic E-state index is 0.230. The highest BCUT2D eigenvalue weighted by molar-refractivity contribution is 5.65. The van der Waals surface area contributed by atoms with E-state index in [0.717, 1.165) is 17.7 Å². The summed E-state index contributed by atoms with van der Waals surface area (Å²) in [7, 11) is 0. The number of ether oxygens (including phenoxy) is 2. The van der Waals surface area contributed by atoms with E-state index in [2.05, 4.69) is 13.0 Å². The second-order valence-corrected chi connectivity index (χ2v) is 5.53. The minimum Gasteiger partial charge on any atom is -0.489 e. The number of hydrogen-bond donors (Lipinski definition) is 0. The molecule has 0 bridgehead atoms. The monoisotopic (exact) mass is 298 g/mol. The SMILES string of the molecule is CC(=O)OC[C@@H](C)Cc1cccc(OCc2ccccc2)c1. The highest BCUT2D eigenvalue weighted by atomic mass is 16.5. The molecule has 0 aliphatic carbocycles. The van der Waals surface area contributed by atoms with Gasteiger partial charge < -0.3 is 9.47 Å². The van der Waals surface area contributed by atoms with E-state index in [4.69, 9.17) is 9.47 Å². The molecular formula is C19H22O3. The molecule has 0 amide bonds. The first-order valence-corrected chi connectivity index (χ1v) is 7.52. The number of carbonyl (C=O) groups is 1. The Balaban J connectivity index is 1.88. The van der Waals surface area contributed by atoms with Gasteiger partial charge in [-0.25, -0.2) is 0 Å². The molecule has 2 aromatic rings. The number of rotatable bonds is 7. The summed E-state index contributed by atoms with van der Waals surface area (Å²) in [5.41, 5.74) is 2.33. The van der Waals surface area contributed by atoms with Gasteiger partial charge in [-0.15, -0.1) is 0 Å². The van der Waals surface area contributed by atoms with Crippen LogP contribution in [0.1, 0.15) is 25.0 Å². The third kappa shape index (κ3) is 5.60. The van der Waals surface area contributed by atoms with Crippen LogP contribution in [0.4, 0.5) is 0 Å². The zero-order valence-electron chi connectivity index (χ0n) is 13.1. The molecule has 0 aromatic heterocycles. The van der Waals surface area contributed by atoms with Gasteiger partial charge in [0.05, 0.1) is 6.61 Å². The zero-order valence-corrected chi connectivity index (χ0v) is 13.1. The lowest BCUT2D eigenvalue weighted by molar-refractivity contribution is -0.142. The number of esters is 1. The van der Waals surface area contributed by atoms with Crippen LogP contribution in [0, 0.1) is 5.92 Å². The molecule has 0 aliphatic rings. The van der Waals surface area contributed by atoms with Gasteiger partial charge in [-0.2, -0.15) is 0 Å². The van der Waals surface area contributed by atoms with E-state index < -0.39 is 0 Å². The van der Waals surface area contributed by atoms with Crippen LogP contribution in [0.3, 0.4) is 0 Å². The van der Waals surface area contributed by atoms with Crippen molar-refractivity contribution in [2.75, 3.05) is 6.61 Å². The topological polar surface area (TPSA) is 35.5 Å². The summed E-state index contributed by atoms with van der Waals surface area (Å²) in [6.07, 6.45) is 0.857. The molecule has 0 aliphatic heterocycles. The van der Waals surface area contributed by atoms with Gasteiger partial charge in [-0.1, -0.05) is 49.4 Å². The van der Waals surface area contributed by atoms with Crippen molar-refractivity contribution in [3.63, 3.8) is 0 Å². The van der Waals surface area contributed by atoms with Gasteiger partial charge in [0.1, 0.15) is 12.4 Å². The molecule has 0 radical (unpaired) electrons. The maximum absolute atomic E-state index is 10.8. The first kappa shape index (κ1) is 16.1. The van der Waals surface area contributed by atoms with E-state index in [9.17, 15) is 4.79 Å². The largest absolute Gasteiger partial charge is 0.489 e. The average molecular weight is 298 g/mol. The Hall–Kier alpha value is -2.29. The van der Waals surface area contributed by atoms with Crippen molar-refractivity contribution < 1.29 is 14.3 Å². The molecule has 0 saturated carbocycles. The van der Waals surface area contributed by atoms with Crippen LogP contribution in [0.5, 0.6) is 5.75 Å². The third-order valence-corrected chi connectivity index (χ3v) is 3.30. The van der Waals surface area contributed by atoms with E-state index in [0.29, 0.717) is 13.2 Å². The van der Waals surface area contributed by atoms with Gasteiger partial charge in [-0.05, 0) is 35.6 Å². The Morgan fingerprint density at radius 1 is 1.05 bits per heavy atom. The molecule has 3 heteroatoms. The molecule has 1 atom stereocenters. The molecule has 0 heterocycles. The van der Waals surface area contributed by atoms with Crippen molar-refractivity contribution in [2.24, 2.45) is 5.92 Å². The van der Waals surface area contributed by atoms with Crippen LogP contribution in [0.25, 0.3) is 0 Å². The summed E-state index contributed by atoms with van der Waals surface area (Å²) in [5, 5.41) is 0. The fourth-order valence-corrected chi connectivity index (χ4v) is 2.22. The highest BCUT2D eigenvalue weighted by Crippen LogP contribution is 2.18. The maximum atomic E-state index is 10.8. The average Bonchev–Trinajstić information content (AvgIpc) is 2.52. The van der Waals surface area contributed by atoms with Crippen molar-refractivity contribution in [2.45, 2.75) is 26.9 Å². The van der Waals surface area contributed by atoms with Gasteiger partial charge in [-0.3, -0.25) is 4.79 Å². The van der Waals surface area contributed by atoms with Crippen molar-refractivity contribution >= 4 is 5.97 Å². The summed E-state index contributed by atoms with van der Waals surface area (Å²) >= 11 is 0. The molecule has 116 valence electrons. The summed E-state index contributed by atoms with van der Waals surface area (Å²) in [6.45, 7) is 4.52. The summed E-state index contributed by atoms with van der Waals surface area (Å²) in [4.78, 5) is 10.8. The molecule has 0 fully saturated rings. The molecule has 2 aromatic carbocycles. The van der Waals surface area contributed by atoms with Crippen LogP contribution < -0.4 is 4.74 Å². The number of hydrogen-bond acceptors (Lipinski definition) is 3. The molecule has 22 heavy (non-hydrogen) atoms. The van der Waals surface area contributed by atoms with Crippen LogP contribution in [-0.4, -0.2) is 12.6 Å². The number of carbonyl (C=O) groups excluding carboxylic acids is 1. The van der Waals surface area contributed by atoms with E-state index in [1.807, 2.05) is 48.5 Å². The predicted molar refractivity (Wildman–Crippen MR) is 86.7 cm³/mol. The van der Waals surface area contributed by atoms with Crippen LogP contribution in [-0.2, 0) is 22.6 Å². The standard InChI is InChI=1S/C19H22O3/c1-15(13-21-16(2)20)11-18-9-6-10-19(12-18)22-14-17-7-4-3-5-8-17/h3-10,12,15H,11,13-14H2,1-2H3/t15-/m0/s1. The third-order valence-electron chi connectivity index (χ3n) is 3.30. The molecule has 0 unspecified atom stereocenters. The Kier molecular flexibility index (Phi) is 6.01.